The van der Waals surface area contributed by atoms with E-state index in [2.05, 4.69) is 17.6 Å². The molecule has 0 aliphatic carbocycles. The average Bonchev–Trinajstić information content (AvgIpc) is 3.11. The summed E-state index contributed by atoms with van der Waals surface area (Å²) in [5.41, 5.74) is 3.24. The molecule has 0 saturated heterocycles. The molecule has 0 bridgehead atoms. The van der Waals surface area contributed by atoms with Gasteiger partial charge in [0.1, 0.15) is 36.3 Å². The summed E-state index contributed by atoms with van der Waals surface area (Å²) in [6.07, 6.45) is 0. The Morgan fingerprint density at radius 3 is 2.45 bits per heavy atom. The molecule has 3 aromatic carbocycles. The van der Waals surface area contributed by atoms with Crippen LogP contribution in [-0.4, -0.2) is 23.3 Å². The maximum atomic E-state index is 5.97. The lowest BCUT2D eigenvalue weighted by atomic mass is 10.2. The van der Waals surface area contributed by atoms with Gasteiger partial charge in [-0.3, -0.25) is 0 Å². The molecule has 0 radical (unpaired) electrons. The number of para-hydroxylation sites is 2. The third kappa shape index (κ3) is 4.51. The number of aromatic nitrogens is 2. The van der Waals surface area contributed by atoms with Gasteiger partial charge in [-0.05, 0) is 43.3 Å². The van der Waals surface area contributed by atoms with Gasteiger partial charge in [-0.25, -0.2) is 4.98 Å². The van der Waals surface area contributed by atoms with Gasteiger partial charge in [0, 0.05) is 6.07 Å². The number of rotatable bonds is 8. The summed E-state index contributed by atoms with van der Waals surface area (Å²) < 4.78 is 19.3. The molecular formula is C24H24N2O3. The Morgan fingerprint density at radius 1 is 0.828 bits per heavy atom. The van der Waals surface area contributed by atoms with E-state index in [-0.39, 0.29) is 0 Å². The molecule has 0 fully saturated rings. The van der Waals surface area contributed by atoms with Crippen LogP contribution < -0.4 is 14.2 Å². The summed E-state index contributed by atoms with van der Waals surface area (Å²) in [6, 6.07) is 23.8. The van der Waals surface area contributed by atoms with Crippen molar-refractivity contribution in [3.63, 3.8) is 0 Å². The Hall–Kier alpha value is -3.47. The molecule has 0 aliphatic rings. The second kappa shape index (κ2) is 8.69. The van der Waals surface area contributed by atoms with Gasteiger partial charge in [-0.15, -0.1) is 0 Å². The second-order valence-electron chi connectivity index (χ2n) is 6.80. The van der Waals surface area contributed by atoms with Gasteiger partial charge in [0.15, 0.2) is 0 Å². The van der Waals surface area contributed by atoms with Crippen molar-refractivity contribution in [3.8, 4) is 17.2 Å². The highest BCUT2D eigenvalue weighted by Gasteiger charge is 2.11. The van der Waals surface area contributed by atoms with E-state index in [1.807, 2.05) is 66.7 Å². The summed E-state index contributed by atoms with van der Waals surface area (Å²) >= 11 is 0. The van der Waals surface area contributed by atoms with Crippen molar-refractivity contribution in [2.75, 3.05) is 13.7 Å². The van der Waals surface area contributed by atoms with Crippen LogP contribution >= 0.6 is 0 Å². The minimum absolute atomic E-state index is 0.400. The molecule has 148 valence electrons. The molecule has 1 aromatic heterocycles. The van der Waals surface area contributed by atoms with E-state index >= 15 is 0 Å². The van der Waals surface area contributed by atoms with Crippen LogP contribution in [0.5, 0.6) is 17.2 Å². The predicted octanol–water partition coefficient (Wildman–Crippen LogP) is 5.01. The van der Waals surface area contributed by atoms with E-state index in [1.54, 1.807) is 7.11 Å². The van der Waals surface area contributed by atoms with Gasteiger partial charge in [0.2, 0.25) is 0 Å². The SMILES string of the molecule is COc1cccc(OCCn2c(COc3ccc(C)cc3)nc3ccccc32)c1. The Bertz CT molecular complexity index is 1090. The fourth-order valence-electron chi connectivity index (χ4n) is 3.21. The lowest BCUT2D eigenvalue weighted by molar-refractivity contribution is 0.271. The van der Waals surface area contributed by atoms with Crippen molar-refractivity contribution in [2.45, 2.75) is 20.1 Å². The van der Waals surface area contributed by atoms with E-state index < -0.39 is 0 Å². The molecular weight excluding hydrogens is 364 g/mol. The third-order valence-corrected chi connectivity index (χ3v) is 4.75. The monoisotopic (exact) mass is 388 g/mol. The van der Waals surface area contributed by atoms with Crippen LogP contribution in [0.25, 0.3) is 11.0 Å². The highest BCUT2D eigenvalue weighted by atomic mass is 16.5. The Kier molecular flexibility index (Phi) is 5.66. The summed E-state index contributed by atoms with van der Waals surface area (Å²) in [7, 11) is 1.65. The first-order valence-electron chi connectivity index (χ1n) is 9.63. The molecule has 5 heteroatoms. The number of hydrogen-bond donors (Lipinski definition) is 0. The molecule has 0 atom stereocenters. The minimum atomic E-state index is 0.400. The highest BCUT2D eigenvalue weighted by Crippen LogP contribution is 2.21. The zero-order valence-corrected chi connectivity index (χ0v) is 16.7. The molecule has 4 rings (SSSR count). The van der Waals surface area contributed by atoms with E-state index in [0.717, 1.165) is 34.1 Å². The molecule has 4 aromatic rings. The van der Waals surface area contributed by atoms with Crippen molar-refractivity contribution in [1.29, 1.82) is 0 Å². The normalized spacial score (nSPS) is 10.8. The third-order valence-electron chi connectivity index (χ3n) is 4.75. The Morgan fingerprint density at radius 2 is 1.62 bits per heavy atom. The van der Waals surface area contributed by atoms with Crippen molar-refractivity contribution < 1.29 is 14.2 Å². The first kappa shape index (κ1) is 18.9. The molecule has 29 heavy (non-hydrogen) atoms. The van der Waals surface area contributed by atoms with Gasteiger partial charge in [-0.1, -0.05) is 35.9 Å². The lowest BCUT2D eigenvalue weighted by Gasteiger charge is -2.12. The number of nitrogens with zero attached hydrogens (tertiary/aromatic N) is 2. The number of hydrogen-bond acceptors (Lipinski definition) is 4. The number of ether oxygens (including phenoxy) is 3. The van der Waals surface area contributed by atoms with Gasteiger partial charge in [0.25, 0.3) is 0 Å². The summed E-state index contributed by atoms with van der Waals surface area (Å²) in [6.45, 7) is 3.65. The molecule has 0 spiro atoms. The van der Waals surface area contributed by atoms with Crippen molar-refractivity contribution >= 4 is 11.0 Å². The molecule has 0 saturated carbocycles. The van der Waals surface area contributed by atoms with Crippen molar-refractivity contribution in [2.24, 2.45) is 0 Å². The van der Waals surface area contributed by atoms with Crippen LogP contribution in [0.2, 0.25) is 0 Å². The van der Waals surface area contributed by atoms with Crippen LogP contribution in [0, 0.1) is 6.92 Å². The van der Waals surface area contributed by atoms with Gasteiger partial charge >= 0.3 is 0 Å². The van der Waals surface area contributed by atoms with Crippen molar-refractivity contribution in [3.05, 3.63) is 84.2 Å². The van der Waals surface area contributed by atoms with Gasteiger partial charge < -0.3 is 18.8 Å². The van der Waals surface area contributed by atoms with E-state index in [1.165, 1.54) is 5.56 Å². The fourth-order valence-corrected chi connectivity index (χ4v) is 3.21. The molecule has 5 nitrogen and oxygen atoms in total. The Labute approximate surface area is 170 Å². The van der Waals surface area contributed by atoms with E-state index in [4.69, 9.17) is 19.2 Å². The number of benzene rings is 3. The first-order chi connectivity index (χ1) is 14.2. The molecule has 0 N–H and O–H groups in total. The maximum absolute atomic E-state index is 5.97. The topological polar surface area (TPSA) is 45.5 Å². The van der Waals surface area contributed by atoms with Crippen LogP contribution in [0.15, 0.2) is 72.8 Å². The lowest BCUT2D eigenvalue weighted by Crippen LogP contribution is -2.13. The van der Waals surface area contributed by atoms with Crippen molar-refractivity contribution in [1.82, 2.24) is 9.55 Å². The number of fused-ring (bicyclic) bond motifs is 1. The van der Waals surface area contributed by atoms with Gasteiger partial charge in [0.05, 0.1) is 24.7 Å². The zero-order valence-electron chi connectivity index (χ0n) is 16.7. The van der Waals surface area contributed by atoms with E-state index in [0.29, 0.717) is 19.8 Å². The van der Waals surface area contributed by atoms with Crippen LogP contribution in [0.1, 0.15) is 11.4 Å². The van der Waals surface area contributed by atoms with Gasteiger partial charge in [-0.2, -0.15) is 0 Å². The highest BCUT2D eigenvalue weighted by molar-refractivity contribution is 5.75. The van der Waals surface area contributed by atoms with E-state index in [9.17, 15) is 0 Å². The average molecular weight is 388 g/mol. The second-order valence-corrected chi connectivity index (χ2v) is 6.80. The minimum Gasteiger partial charge on any atom is -0.497 e. The quantitative estimate of drug-likeness (QED) is 0.426. The molecule has 0 amide bonds. The summed E-state index contributed by atoms with van der Waals surface area (Å²) in [5, 5.41) is 0. The number of imidazole rings is 1. The number of aryl methyl sites for hydroxylation is 1. The predicted molar refractivity (Wildman–Crippen MR) is 114 cm³/mol. The molecule has 0 aliphatic heterocycles. The fraction of sp³-hybridized carbons (Fsp3) is 0.208. The first-order valence-corrected chi connectivity index (χ1v) is 9.63. The largest absolute Gasteiger partial charge is 0.497 e. The maximum Gasteiger partial charge on any atom is 0.148 e. The standard InChI is InChI=1S/C24H24N2O3/c1-18-10-12-19(13-11-18)29-17-24-25-22-8-3-4-9-23(22)26(24)14-15-28-21-7-5-6-20(16-21)27-2/h3-13,16H,14-15,17H2,1-2H3. The van der Waals surface area contributed by atoms with Crippen LogP contribution in [0.3, 0.4) is 0 Å². The smallest absolute Gasteiger partial charge is 0.148 e. The molecule has 1 heterocycles. The zero-order chi connectivity index (χ0) is 20.1. The summed E-state index contributed by atoms with van der Waals surface area (Å²) in [5.74, 6) is 3.27. The molecule has 0 unspecified atom stereocenters. The summed E-state index contributed by atoms with van der Waals surface area (Å²) in [4.78, 5) is 4.76. The number of methoxy groups -OCH3 is 1. The van der Waals surface area contributed by atoms with Crippen LogP contribution in [0.4, 0.5) is 0 Å². The Balaban J connectivity index is 1.49. The van der Waals surface area contributed by atoms with Crippen LogP contribution in [-0.2, 0) is 13.2 Å².